The number of likely N-dealkylation sites (tertiary alicyclic amines) is 1. The number of nitrogens with one attached hydrogen (secondary N) is 1. The molecule has 148 valence electrons. The Balaban J connectivity index is 1.09. The molecule has 0 radical (unpaired) electrons. The molecule has 2 heterocycles. The van der Waals surface area contributed by atoms with Crippen LogP contribution in [0.15, 0.2) is 54.6 Å². The second-order valence-electron chi connectivity index (χ2n) is 8.82. The quantitative estimate of drug-likeness (QED) is 0.845. The highest BCUT2D eigenvalue weighted by Crippen LogP contribution is 2.43. The Hall–Kier alpha value is -1.75. The molecule has 2 saturated heterocycles. The van der Waals surface area contributed by atoms with E-state index in [0.717, 1.165) is 45.5 Å². The van der Waals surface area contributed by atoms with Gasteiger partial charge >= 0.3 is 0 Å². The monoisotopic (exact) mass is 380 g/mol. The zero-order chi connectivity index (χ0) is 19.0. The number of rotatable bonds is 5. The smallest absolute Gasteiger partial charge is 0.123 e. The maximum Gasteiger partial charge on any atom is 0.123 e. The first-order valence-corrected chi connectivity index (χ1v) is 10.6. The van der Waals surface area contributed by atoms with E-state index < -0.39 is 0 Å². The molecule has 1 saturated carbocycles. The Bertz CT molecular complexity index is 786. The molecule has 1 spiro atoms. The van der Waals surface area contributed by atoms with E-state index in [-0.39, 0.29) is 11.4 Å². The summed E-state index contributed by atoms with van der Waals surface area (Å²) in [6.45, 7) is 3.86. The molecule has 0 amide bonds. The average Bonchev–Trinajstić information content (AvgIpc) is 3.39. The Morgan fingerprint density at radius 1 is 1.04 bits per heavy atom. The van der Waals surface area contributed by atoms with Gasteiger partial charge in [0.25, 0.3) is 0 Å². The van der Waals surface area contributed by atoms with Crippen molar-refractivity contribution in [3.63, 3.8) is 0 Å². The molecule has 5 rings (SSSR count). The van der Waals surface area contributed by atoms with Crippen LogP contribution in [0.5, 0.6) is 0 Å². The molecule has 1 aliphatic carbocycles. The molecule has 28 heavy (non-hydrogen) atoms. The number of halogens is 1. The first-order valence-electron chi connectivity index (χ1n) is 10.6. The molecule has 4 heteroatoms. The van der Waals surface area contributed by atoms with Crippen LogP contribution in [-0.4, -0.2) is 42.3 Å². The highest BCUT2D eigenvalue weighted by atomic mass is 19.1. The van der Waals surface area contributed by atoms with Gasteiger partial charge in [-0.2, -0.15) is 0 Å². The molecule has 1 unspecified atom stereocenters. The summed E-state index contributed by atoms with van der Waals surface area (Å²) < 4.78 is 19.4. The molecule has 3 aliphatic rings. The number of hydrogen-bond acceptors (Lipinski definition) is 3. The number of nitrogens with zero attached hydrogens (tertiary/aromatic N) is 1. The van der Waals surface area contributed by atoms with Crippen molar-refractivity contribution < 1.29 is 9.13 Å². The lowest BCUT2D eigenvalue weighted by molar-refractivity contribution is -0.0449. The van der Waals surface area contributed by atoms with E-state index in [9.17, 15) is 4.39 Å². The molecule has 3 nitrogen and oxygen atoms in total. The van der Waals surface area contributed by atoms with Gasteiger partial charge in [0.1, 0.15) is 5.82 Å². The standard InChI is InChI=1S/C24H29FN2O/c25-20-8-6-18(7-9-20)16-27-12-10-24(11-13-27)15-21(17-28-24)26-23-14-22(23)19-4-2-1-3-5-19/h1-9,21-23,26H,10-17H2/t21?,22-,23+/m0/s1. The van der Waals surface area contributed by atoms with Gasteiger partial charge in [0, 0.05) is 37.6 Å². The maximum atomic E-state index is 13.1. The fraction of sp³-hybridized carbons (Fsp3) is 0.500. The normalized spacial score (nSPS) is 29.2. The Labute approximate surface area is 166 Å². The van der Waals surface area contributed by atoms with Crippen LogP contribution in [-0.2, 0) is 11.3 Å². The molecule has 3 fully saturated rings. The zero-order valence-electron chi connectivity index (χ0n) is 16.3. The van der Waals surface area contributed by atoms with Crippen molar-refractivity contribution in [2.24, 2.45) is 0 Å². The molecular weight excluding hydrogens is 351 g/mol. The third kappa shape index (κ3) is 4.00. The van der Waals surface area contributed by atoms with Gasteiger partial charge in [-0.1, -0.05) is 42.5 Å². The second-order valence-corrected chi connectivity index (χ2v) is 8.82. The number of piperidine rings is 1. The van der Waals surface area contributed by atoms with Crippen molar-refractivity contribution in [1.29, 1.82) is 0 Å². The van der Waals surface area contributed by atoms with Crippen LogP contribution in [0, 0.1) is 5.82 Å². The summed E-state index contributed by atoms with van der Waals surface area (Å²) in [6, 6.07) is 18.9. The summed E-state index contributed by atoms with van der Waals surface area (Å²) in [4.78, 5) is 2.47. The summed E-state index contributed by atoms with van der Waals surface area (Å²) in [5.41, 5.74) is 2.71. The van der Waals surface area contributed by atoms with Crippen LogP contribution in [0.3, 0.4) is 0 Å². The summed E-state index contributed by atoms with van der Waals surface area (Å²) in [7, 11) is 0. The highest BCUT2D eigenvalue weighted by Gasteiger charge is 2.46. The maximum absolute atomic E-state index is 13.1. The predicted molar refractivity (Wildman–Crippen MR) is 109 cm³/mol. The van der Waals surface area contributed by atoms with Crippen LogP contribution >= 0.6 is 0 Å². The van der Waals surface area contributed by atoms with E-state index in [1.807, 2.05) is 12.1 Å². The van der Waals surface area contributed by atoms with Gasteiger partial charge in [-0.25, -0.2) is 4.39 Å². The minimum Gasteiger partial charge on any atom is -0.373 e. The molecule has 3 atom stereocenters. The van der Waals surface area contributed by atoms with Gasteiger partial charge in [0.15, 0.2) is 0 Å². The Morgan fingerprint density at radius 3 is 2.54 bits per heavy atom. The van der Waals surface area contributed by atoms with Crippen LogP contribution in [0.4, 0.5) is 4.39 Å². The third-order valence-corrected chi connectivity index (χ3v) is 6.76. The van der Waals surface area contributed by atoms with E-state index in [1.165, 1.54) is 17.5 Å². The topological polar surface area (TPSA) is 24.5 Å². The molecule has 1 N–H and O–H groups in total. The highest BCUT2D eigenvalue weighted by molar-refractivity contribution is 5.28. The summed E-state index contributed by atoms with van der Waals surface area (Å²) in [6.07, 6.45) is 4.58. The van der Waals surface area contributed by atoms with E-state index in [2.05, 4.69) is 40.5 Å². The Morgan fingerprint density at radius 2 is 1.79 bits per heavy atom. The number of hydrogen-bond donors (Lipinski definition) is 1. The minimum absolute atomic E-state index is 0.0636. The van der Waals surface area contributed by atoms with Gasteiger partial charge < -0.3 is 10.1 Å². The van der Waals surface area contributed by atoms with E-state index in [0.29, 0.717) is 18.0 Å². The Kier molecular flexibility index (Phi) is 4.95. The first-order chi connectivity index (χ1) is 13.7. The van der Waals surface area contributed by atoms with Crippen LogP contribution < -0.4 is 5.32 Å². The largest absolute Gasteiger partial charge is 0.373 e. The van der Waals surface area contributed by atoms with Crippen molar-refractivity contribution in [3.05, 3.63) is 71.5 Å². The van der Waals surface area contributed by atoms with Crippen molar-refractivity contribution in [1.82, 2.24) is 10.2 Å². The summed E-state index contributed by atoms with van der Waals surface area (Å²) in [5, 5.41) is 3.86. The second kappa shape index (κ2) is 7.58. The third-order valence-electron chi connectivity index (χ3n) is 6.76. The zero-order valence-corrected chi connectivity index (χ0v) is 16.3. The predicted octanol–water partition coefficient (Wildman–Crippen LogP) is 4.09. The van der Waals surface area contributed by atoms with Crippen molar-refractivity contribution in [2.45, 2.75) is 55.8 Å². The van der Waals surface area contributed by atoms with Gasteiger partial charge in [-0.05, 0) is 48.9 Å². The molecule has 2 aromatic carbocycles. The van der Waals surface area contributed by atoms with Crippen molar-refractivity contribution >= 4 is 0 Å². The van der Waals surface area contributed by atoms with Gasteiger partial charge in [0.2, 0.25) is 0 Å². The molecule has 0 aromatic heterocycles. The lowest BCUT2D eigenvalue weighted by Crippen LogP contribution is -2.44. The molecule has 0 bridgehead atoms. The van der Waals surface area contributed by atoms with Gasteiger partial charge in [-0.3, -0.25) is 4.90 Å². The van der Waals surface area contributed by atoms with Gasteiger partial charge in [0.05, 0.1) is 12.2 Å². The average molecular weight is 381 g/mol. The number of ether oxygens (including phenoxy) is 1. The van der Waals surface area contributed by atoms with Crippen LogP contribution in [0.25, 0.3) is 0 Å². The summed E-state index contributed by atoms with van der Waals surface area (Å²) >= 11 is 0. The van der Waals surface area contributed by atoms with E-state index in [1.54, 1.807) is 12.1 Å². The minimum atomic E-state index is -0.163. The van der Waals surface area contributed by atoms with Crippen LogP contribution in [0.1, 0.15) is 42.7 Å². The lowest BCUT2D eigenvalue weighted by Gasteiger charge is -2.38. The van der Waals surface area contributed by atoms with Crippen LogP contribution in [0.2, 0.25) is 0 Å². The lowest BCUT2D eigenvalue weighted by atomic mass is 9.87. The molecule has 2 aromatic rings. The van der Waals surface area contributed by atoms with Crippen molar-refractivity contribution in [2.75, 3.05) is 19.7 Å². The van der Waals surface area contributed by atoms with Gasteiger partial charge in [-0.15, -0.1) is 0 Å². The fourth-order valence-electron chi connectivity index (χ4n) is 5.02. The SMILES string of the molecule is Fc1ccc(CN2CCC3(CC2)CC(N[C@@H]2C[C@H]2c2ccccc2)CO3)cc1. The van der Waals surface area contributed by atoms with Crippen molar-refractivity contribution in [3.8, 4) is 0 Å². The molecule has 2 aliphatic heterocycles. The fourth-order valence-corrected chi connectivity index (χ4v) is 5.02. The number of benzene rings is 2. The molecular formula is C24H29FN2O. The van der Waals surface area contributed by atoms with E-state index >= 15 is 0 Å². The first kappa shape index (κ1) is 18.3. The van der Waals surface area contributed by atoms with E-state index in [4.69, 9.17) is 4.74 Å². The summed E-state index contributed by atoms with van der Waals surface area (Å²) in [5.74, 6) is 0.514.